The van der Waals surface area contributed by atoms with Crippen LogP contribution >= 0.6 is 0 Å². The van der Waals surface area contributed by atoms with Crippen LogP contribution in [0, 0.1) is 0 Å². The lowest BCUT2D eigenvalue weighted by atomic mass is 9.91. The van der Waals surface area contributed by atoms with Gasteiger partial charge in [-0.2, -0.15) is 10.2 Å². The number of amides is 1. The van der Waals surface area contributed by atoms with Gasteiger partial charge < -0.3 is 5.32 Å². The van der Waals surface area contributed by atoms with Gasteiger partial charge in [-0.3, -0.25) is 14.7 Å². The van der Waals surface area contributed by atoms with E-state index in [1.165, 1.54) is 21.8 Å². The first-order valence-electron chi connectivity index (χ1n) is 9.88. The van der Waals surface area contributed by atoms with Gasteiger partial charge in [-0.15, -0.1) is 5.10 Å². The summed E-state index contributed by atoms with van der Waals surface area (Å²) in [5.41, 5.74) is 1.10. The molecule has 0 spiro atoms. The van der Waals surface area contributed by atoms with Crippen LogP contribution in [-0.4, -0.2) is 46.7 Å². The highest BCUT2D eigenvalue weighted by Gasteiger charge is 2.26. The molecule has 0 unspecified atom stereocenters. The molecule has 0 aliphatic heterocycles. The van der Waals surface area contributed by atoms with Gasteiger partial charge in [0.2, 0.25) is 0 Å². The second-order valence-corrected chi connectivity index (χ2v) is 7.41. The van der Waals surface area contributed by atoms with Gasteiger partial charge in [0, 0.05) is 17.5 Å². The standard InChI is InChI=1S/C20H20N8O2/c29-18-10-9-17(27-12-21-11-22-27)26-28(18)14-7-5-13(6-8-14)23-20(30)19-15-3-1-2-4-16(15)24-25-19/h1-4,9-14H,5-8H2,(H,23,30)(H,24,25). The zero-order chi connectivity index (χ0) is 20.5. The molecule has 4 aromatic rings. The van der Waals surface area contributed by atoms with Crippen LogP contribution in [-0.2, 0) is 0 Å². The zero-order valence-corrected chi connectivity index (χ0v) is 16.1. The summed E-state index contributed by atoms with van der Waals surface area (Å²) in [6.45, 7) is 0. The zero-order valence-electron chi connectivity index (χ0n) is 16.1. The molecular formula is C20H20N8O2. The predicted octanol–water partition coefficient (Wildman–Crippen LogP) is 1.61. The van der Waals surface area contributed by atoms with Gasteiger partial charge in [0.1, 0.15) is 12.7 Å². The molecule has 1 aliphatic carbocycles. The molecular weight excluding hydrogens is 384 g/mol. The maximum Gasteiger partial charge on any atom is 0.272 e. The van der Waals surface area contributed by atoms with Crippen molar-refractivity contribution in [2.45, 2.75) is 37.8 Å². The van der Waals surface area contributed by atoms with E-state index in [1.807, 2.05) is 24.3 Å². The SMILES string of the molecule is O=C(NC1CCC(n2nc(-n3cncn3)ccc2=O)CC1)c1n[nH]c2ccccc12. The van der Waals surface area contributed by atoms with E-state index in [-0.39, 0.29) is 23.6 Å². The monoisotopic (exact) mass is 404 g/mol. The van der Waals surface area contributed by atoms with Crippen LogP contribution in [0.5, 0.6) is 0 Å². The molecule has 3 aromatic heterocycles. The third-order valence-corrected chi connectivity index (χ3v) is 5.53. The average molecular weight is 404 g/mol. The van der Waals surface area contributed by atoms with Crippen molar-refractivity contribution < 1.29 is 4.79 Å². The molecule has 1 saturated carbocycles. The lowest BCUT2D eigenvalue weighted by Crippen LogP contribution is -2.39. The van der Waals surface area contributed by atoms with E-state index in [9.17, 15) is 9.59 Å². The summed E-state index contributed by atoms with van der Waals surface area (Å²) in [6, 6.07) is 10.7. The molecule has 1 aromatic carbocycles. The molecule has 0 radical (unpaired) electrons. The molecule has 0 bridgehead atoms. The van der Waals surface area contributed by atoms with E-state index in [0.29, 0.717) is 11.5 Å². The second-order valence-electron chi connectivity index (χ2n) is 7.41. The summed E-state index contributed by atoms with van der Waals surface area (Å²) >= 11 is 0. The normalized spacial score (nSPS) is 19.1. The van der Waals surface area contributed by atoms with Crippen molar-refractivity contribution in [1.29, 1.82) is 0 Å². The highest BCUT2D eigenvalue weighted by atomic mass is 16.2. The van der Waals surface area contributed by atoms with Crippen molar-refractivity contribution in [2.24, 2.45) is 0 Å². The van der Waals surface area contributed by atoms with Crippen LogP contribution in [0.2, 0.25) is 0 Å². The Hall–Kier alpha value is -3.82. The fourth-order valence-corrected chi connectivity index (χ4v) is 3.98. The summed E-state index contributed by atoms with van der Waals surface area (Å²) in [5, 5.41) is 19.5. The number of H-pyrrole nitrogens is 1. The number of aromatic amines is 1. The average Bonchev–Trinajstić information content (AvgIpc) is 3.45. The van der Waals surface area contributed by atoms with Crippen LogP contribution in [0.3, 0.4) is 0 Å². The van der Waals surface area contributed by atoms with Gasteiger partial charge in [0.15, 0.2) is 11.5 Å². The first kappa shape index (κ1) is 18.2. The van der Waals surface area contributed by atoms with Gasteiger partial charge in [-0.05, 0) is 37.8 Å². The topological polar surface area (TPSA) is 123 Å². The number of nitrogens with zero attached hydrogens (tertiary/aromatic N) is 6. The van der Waals surface area contributed by atoms with Crippen LogP contribution in [0.25, 0.3) is 16.7 Å². The third kappa shape index (κ3) is 3.36. The summed E-state index contributed by atoms with van der Waals surface area (Å²) in [4.78, 5) is 29.0. The van der Waals surface area contributed by atoms with Crippen molar-refractivity contribution in [3.05, 3.63) is 65.1 Å². The molecule has 1 aliphatic rings. The highest BCUT2D eigenvalue weighted by molar-refractivity contribution is 6.04. The van der Waals surface area contributed by atoms with Crippen molar-refractivity contribution in [1.82, 2.24) is 40.1 Å². The molecule has 10 heteroatoms. The number of fused-ring (bicyclic) bond motifs is 1. The Labute approximate surface area is 170 Å². The van der Waals surface area contributed by atoms with Crippen LogP contribution in [0.15, 0.2) is 53.8 Å². The van der Waals surface area contributed by atoms with Crippen LogP contribution in [0.4, 0.5) is 0 Å². The van der Waals surface area contributed by atoms with E-state index in [2.05, 4.69) is 30.7 Å². The number of rotatable bonds is 4. The van der Waals surface area contributed by atoms with E-state index < -0.39 is 0 Å². The number of carbonyl (C=O) groups excluding carboxylic acids is 1. The van der Waals surface area contributed by atoms with Gasteiger partial charge in [0.05, 0.1) is 11.6 Å². The van der Waals surface area contributed by atoms with Crippen molar-refractivity contribution in [3.63, 3.8) is 0 Å². The Balaban J connectivity index is 1.26. The van der Waals surface area contributed by atoms with Crippen molar-refractivity contribution in [3.8, 4) is 5.82 Å². The molecule has 1 fully saturated rings. The first-order chi connectivity index (χ1) is 14.7. The fraction of sp³-hybridized carbons (Fsp3) is 0.300. The van der Waals surface area contributed by atoms with E-state index in [4.69, 9.17) is 0 Å². The third-order valence-electron chi connectivity index (χ3n) is 5.53. The highest BCUT2D eigenvalue weighted by Crippen LogP contribution is 2.27. The smallest absolute Gasteiger partial charge is 0.272 e. The lowest BCUT2D eigenvalue weighted by Gasteiger charge is -2.29. The summed E-state index contributed by atoms with van der Waals surface area (Å²) in [5.74, 6) is 0.368. The number of aromatic nitrogens is 7. The second kappa shape index (κ2) is 7.54. The summed E-state index contributed by atoms with van der Waals surface area (Å²) in [6.07, 6.45) is 6.00. The van der Waals surface area contributed by atoms with E-state index in [0.717, 1.165) is 36.6 Å². The molecule has 1 amide bonds. The number of para-hydroxylation sites is 1. The molecule has 5 rings (SSSR count). The molecule has 0 atom stereocenters. The minimum Gasteiger partial charge on any atom is -0.348 e. The molecule has 10 nitrogen and oxygen atoms in total. The maximum atomic E-state index is 12.7. The van der Waals surface area contributed by atoms with Crippen molar-refractivity contribution in [2.75, 3.05) is 0 Å². The van der Waals surface area contributed by atoms with Crippen molar-refractivity contribution >= 4 is 16.8 Å². The summed E-state index contributed by atoms with van der Waals surface area (Å²) in [7, 11) is 0. The molecule has 2 N–H and O–H groups in total. The molecule has 0 saturated heterocycles. The Morgan fingerprint density at radius 3 is 2.73 bits per heavy atom. The Kier molecular flexibility index (Phi) is 4.58. The Morgan fingerprint density at radius 2 is 1.93 bits per heavy atom. The van der Waals surface area contributed by atoms with Crippen LogP contribution in [0.1, 0.15) is 42.2 Å². The minimum absolute atomic E-state index is 0.0136. The Morgan fingerprint density at radius 1 is 1.10 bits per heavy atom. The van der Waals surface area contributed by atoms with Gasteiger partial charge >= 0.3 is 0 Å². The number of hydrogen-bond acceptors (Lipinski definition) is 6. The molecule has 3 heterocycles. The summed E-state index contributed by atoms with van der Waals surface area (Å²) < 4.78 is 3.05. The largest absolute Gasteiger partial charge is 0.348 e. The molecule has 152 valence electrons. The van der Waals surface area contributed by atoms with Crippen LogP contribution < -0.4 is 10.9 Å². The van der Waals surface area contributed by atoms with E-state index in [1.54, 1.807) is 12.4 Å². The number of nitrogens with one attached hydrogen (secondary N) is 2. The fourth-order valence-electron chi connectivity index (χ4n) is 3.98. The Bertz CT molecular complexity index is 1240. The number of benzene rings is 1. The number of carbonyl (C=O) groups is 1. The quantitative estimate of drug-likeness (QED) is 0.533. The van der Waals surface area contributed by atoms with Gasteiger partial charge in [0.25, 0.3) is 11.5 Å². The predicted molar refractivity (Wildman–Crippen MR) is 108 cm³/mol. The van der Waals surface area contributed by atoms with Gasteiger partial charge in [-0.25, -0.2) is 14.3 Å². The lowest BCUT2D eigenvalue weighted by molar-refractivity contribution is 0.0918. The van der Waals surface area contributed by atoms with E-state index >= 15 is 0 Å². The minimum atomic E-state index is -0.181. The first-order valence-corrected chi connectivity index (χ1v) is 9.88. The maximum absolute atomic E-state index is 12.7. The number of hydrogen-bond donors (Lipinski definition) is 2. The molecule has 30 heavy (non-hydrogen) atoms. The van der Waals surface area contributed by atoms with Gasteiger partial charge in [-0.1, -0.05) is 18.2 Å².